The number of hydrogen-bond donors (Lipinski definition) is 0. The van der Waals surface area contributed by atoms with E-state index in [-0.39, 0.29) is 11.3 Å². The second kappa shape index (κ2) is 5.37. The number of amides is 1. The summed E-state index contributed by atoms with van der Waals surface area (Å²) in [5.41, 5.74) is 3.74. The first-order chi connectivity index (χ1) is 9.70. The van der Waals surface area contributed by atoms with Crippen LogP contribution in [-0.4, -0.2) is 28.2 Å². The summed E-state index contributed by atoms with van der Waals surface area (Å²) >= 11 is 1.69. The van der Waals surface area contributed by atoms with Crippen LogP contribution in [0.2, 0.25) is 0 Å². The fourth-order valence-electron chi connectivity index (χ4n) is 2.59. The summed E-state index contributed by atoms with van der Waals surface area (Å²) in [7, 11) is 1.88. The molecule has 0 saturated carbocycles. The second-order valence-corrected chi connectivity index (χ2v) is 6.07. The van der Waals surface area contributed by atoms with Gasteiger partial charge in [0.2, 0.25) is 5.91 Å². The maximum Gasteiger partial charge on any atom is 0.233 e. The first kappa shape index (κ1) is 13.3. The summed E-state index contributed by atoms with van der Waals surface area (Å²) < 4.78 is 2.16. The van der Waals surface area contributed by atoms with Crippen molar-refractivity contribution >= 4 is 17.7 Å². The molecule has 0 spiro atoms. The minimum absolute atomic E-state index is 0.150. The lowest BCUT2D eigenvalue weighted by atomic mass is 10.1. The van der Waals surface area contributed by atoms with E-state index >= 15 is 0 Å². The van der Waals surface area contributed by atoms with E-state index in [2.05, 4.69) is 54.2 Å². The summed E-state index contributed by atoms with van der Waals surface area (Å²) in [6, 6.07) is 10.5. The highest BCUT2D eigenvalue weighted by Gasteiger charge is 2.30. The third-order valence-corrected chi connectivity index (χ3v) is 5.08. The Kier molecular flexibility index (Phi) is 3.57. The molecule has 0 N–H and O–H groups in total. The molecule has 0 aliphatic carbocycles. The van der Waals surface area contributed by atoms with Crippen LogP contribution in [0, 0.1) is 0 Å². The minimum Gasteiger partial charge on any atom is -0.329 e. The van der Waals surface area contributed by atoms with Crippen LogP contribution in [0.4, 0.5) is 0 Å². The zero-order valence-electron chi connectivity index (χ0n) is 11.7. The fraction of sp³-hybridized carbons (Fsp3) is 0.312. The van der Waals surface area contributed by atoms with Crippen LogP contribution < -0.4 is 0 Å². The van der Waals surface area contributed by atoms with E-state index in [0.717, 1.165) is 6.42 Å². The number of rotatable bonds is 3. The Labute approximate surface area is 123 Å². The number of hydrogen-bond acceptors (Lipinski definition) is 2. The average molecular weight is 286 g/mol. The molecule has 0 bridgehead atoms. The lowest BCUT2D eigenvalue weighted by Gasteiger charge is -2.17. The Bertz CT molecular complexity index is 635. The van der Waals surface area contributed by atoms with Crippen LogP contribution in [0.1, 0.15) is 23.4 Å². The van der Waals surface area contributed by atoms with Crippen molar-refractivity contribution in [1.82, 2.24) is 9.47 Å². The van der Waals surface area contributed by atoms with Gasteiger partial charge >= 0.3 is 0 Å². The van der Waals surface area contributed by atoms with Gasteiger partial charge in [0, 0.05) is 30.7 Å². The van der Waals surface area contributed by atoms with E-state index in [0.29, 0.717) is 5.75 Å². The molecule has 20 heavy (non-hydrogen) atoms. The quantitative estimate of drug-likeness (QED) is 0.865. The highest BCUT2D eigenvalue weighted by atomic mass is 32.2. The molecule has 0 unspecified atom stereocenters. The summed E-state index contributed by atoms with van der Waals surface area (Å²) in [5.74, 6) is 0.791. The Morgan fingerprint density at radius 2 is 2.10 bits per heavy atom. The lowest BCUT2D eigenvalue weighted by molar-refractivity contribution is -0.126. The van der Waals surface area contributed by atoms with Crippen molar-refractivity contribution in [3.05, 3.63) is 53.9 Å². The van der Waals surface area contributed by atoms with Crippen LogP contribution >= 0.6 is 11.8 Å². The highest BCUT2D eigenvalue weighted by Crippen LogP contribution is 2.37. The maximum atomic E-state index is 11.6. The van der Waals surface area contributed by atoms with Gasteiger partial charge in [-0.1, -0.05) is 25.1 Å². The fourth-order valence-corrected chi connectivity index (χ4v) is 3.76. The molecule has 1 amide bonds. The second-order valence-electron chi connectivity index (χ2n) is 5.00. The summed E-state index contributed by atoms with van der Waals surface area (Å²) in [6.45, 7) is 2.17. The first-order valence-electron chi connectivity index (χ1n) is 6.84. The van der Waals surface area contributed by atoms with Crippen LogP contribution in [0.15, 0.2) is 42.7 Å². The monoisotopic (exact) mass is 286 g/mol. The molecule has 1 fully saturated rings. The van der Waals surface area contributed by atoms with Crippen LogP contribution in [0.25, 0.3) is 5.69 Å². The van der Waals surface area contributed by atoms with Gasteiger partial charge in [0.15, 0.2) is 0 Å². The van der Waals surface area contributed by atoms with Gasteiger partial charge in [0.25, 0.3) is 0 Å². The van der Waals surface area contributed by atoms with Gasteiger partial charge < -0.3 is 9.47 Å². The van der Waals surface area contributed by atoms with Gasteiger partial charge in [-0.2, -0.15) is 0 Å². The van der Waals surface area contributed by atoms with Gasteiger partial charge in [-0.05, 0) is 24.1 Å². The molecule has 4 heteroatoms. The van der Waals surface area contributed by atoms with E-state index in [9.17, 15) is 4.79 Å². The largest absolute Gasteiger partial charge is 0.329 e. The molecule has 1 aromatic carbocycles. The Morgan fingerprint density at radius 1 is 1.30 bits per heavy atom. The molecule has 1 aromatic heterocycles. The molecule has 2 heterocycles. The van der Waals surface area contributed by atoms with Crippen molar-refractivity contribution in [2.24, 2.45) is 0 Å². The number of benzene rings is 1. The summed E-state index contributed by atoms with van der Waals surface area (Å²) in [5, 5.41) is 0.150. The van der Waals surface area contributed by atoms with E-state index < -0.39 is 0 Å². The van der Waals surface area contributed by atoms with Crippen molar-refractivity contribution in [2.75, 3.05) is 12.8 Å². The van der Waals surface area contributed by atoms with Crippen molar-refractivity contribution in [1.29, 1.82) is 0 Å². The summed E-state index contributed by atoms with van der Waals surface area (Å²) in [4.78, 5) is 13.5. The molecule has 1 aliphatic heterocycles. The molecule has 1 saturated heterocycles. The third-order valence-electron chi connectivity index (χ3n) is 3.76. The molecular weight excluding hydrogens is 268 g/mol. The average Bonchev–Trinajstić information content (AvgIpc) is 3.07. The van der Waals surface area contributed by atoms with E-state index in [1.54, 1.807) is 11.8 Å². The Balaban J connectivity index is 1.92. The zero-order valence-corrected chi connectivity index (χ0v) is 12.6. The molecule has 3 nitrogen and oxygen atoms in total. The number of para-hydroxylation sites is 1. The molecule has 3 rings (SSSR count). The van der Waals surface area contributed by atoms with E-state index in [1.807, 2.05) is 11.9 Å². The molecule has 0 radical (unpaired) electrons. The number of thioether (sulfide) groups is 1. The van der Waals surface area contributed by atoms with E-state index in [4.69, 9.17) is 0 Å². The van der Waals surface area contributed by atoms with Gasteiger partial charge in [0.1, 0.15) is 5.37 Å². The highest BCUT2D eigenvalue weighted by molar-refractivity contribution is 8.00. The third kappa shape index (κ3) is 2.24. The van der Waals surface area contributed by atoms with Crippen molar-refractivity contribution < 1.29 is 4.79 Å². The van der Waals surface area contributed by atoms with Crippen LogP contribution in [-0.2, 0) is 11.2 Å². The molecule has 1 atom stereocenters. The van der Waals surface area contributed by atoms with Crippen molar-refractivity contribution in [2.45, 2.75) is 18.7 Å². The molecule has 104 valence electrons. The molecule has 1 aliphatic rings. The van der Waals surface area contributed by atoms with Crippen LogP contribution in [0.5, 0.6) is 0 Å². The SMILES string of the molecule is CCc1ccccc1-n1ccc([C@@H]2SCC(=O)N2C)c1. The van der Waals surface area contributed by atoms with E-state index in [1.165, 1.54) is 16.8 Å². The maximum absolute atomic E-state index is 11.6. The Morgan fingerprint density at radius 3 is 2.80 bits per heavy atom. The number of aromatic nitrogens is 1. The standard InChI is InChI=1S/C16H18N2OS/c1-3-12-6-4-5-7-14(12)18-9-8-13(10-18)16-17(2)15(19)11-20-16/h4-10,16H,3,11H2,1-2H3/t16-/m0/s1. The number of nitrogens with zero attached hydrogens (tertiary/aromatic N) is 2. The zero-order chi connectivity index (χ0) is 14.1. The number of carbonyl (C=O) groups excluding carboxylic acids is 1. The van der Waals surface area contributed by atoms with Crippen molar-refractivity contribution in [3.63, 3.8) is 0 Å². The van der Waals surface area contributed by atoms with Gasteiger partial charge in [-0.3, -0.25) is 4.79 Å². The first-order valence-corrected chi connectivity index (χ1v) is 7.89. The topological polar surface area (TPSA) is 25.2 Å². The van der Waals surface area contributed by atoms with Crippen LogP contribution in [0.3, 0.4) is 0 Å². The number of aryl methyl sites for hydroxylation is 1. The smallest absolute Gasteiger partial charge is 0.233 e. The lowest BCUT2D eigenvalue weighted by Crippen LogP contribution is -2.22. The van der Waals surface area contributed by atoms with Crippen molar-refractivity contribution in [3.8, 4) is 5.69 Å². The molecular formula is C16H18N2OS. The van der Waals surface area contributed by atoms with Gasteiger partial charge in [-0.25, -0.2) is 0 Å². The summed E-state index contributed by atoms with van der Waals surface area (Å²) in [6.07, 6.45) is 5.24. The predicted molar refractivity (Wildman–Crippen MR) is 83.1 cm³/mol. The minimum atomic E-state index is 0.150. The normalized spacial score (nSPS) is 18.8. The number of carbonyl (C=O) groups is 1. The van der Waals surface area contributed by atoms with Gasteiger partial charge in [0.05, 0.1) is 5.75 Å². The molecule has 2 aromatic rings. The Hall–Kier alpha value is -1.68. The predicted octanol–water partition coefficient (Wildman–Crippen LogP) is 3.24. The van der Waals surface area contributed by atoms with Gasteiger partial charge in [-0.15, -0.1) is 11.8 Å².